The first-order valence-corrected chi connectivity index (χ1v) is 10.4. The van der Waals surface area contributed by atoms with E-state index < -0.39 is 0 Å². The highest BCUT2D eigenvalue weighted by atomic mass is 15.3. The lowest BCUT2D eigenvalue weighted by Crippen LogP contribution is -2.46. The lowest BCUT2D eigenvalue weighted by molar-refractivity contribution is 0.288. The van der Waals surface area contributed by atoms with Crippen LogP contribution < -0.4 is 16.0 Å². The molecule has 1 fully saturated rings. The number of hydrogen-bond donors (Lipinski definition) is 2. The van der Waals surface area contributed by atoms with Crippen molar-refractivity contribution in [2.45, 2.75) is 0 Å². The third-order valence-electron chi connectivity index (χ3n) is 5.47. The van der Waals surface area contributed by atoms with Crippen LogP contribution >= 0.6 is 0 Å². The van der Waals surface area contributed by atoms with Crippen LogP contribution in [-0.4, -0.2) is 62.0 Å². The van der Waals surface area contributed by atoms with E-state index >= 15 is 0 Å². The molecule has 0 bridgehead atoms. The zero-order valence-corrected chi connectivity index (χ0v) is 17.5. The fourth-order valence-electron chi connectivity index (χ4n) is 3.83. The second-order valence-corrected chi connectivity index (χ2v) is 7.60. The lowest BCUT2D eigenvalue weighted by Gasteiger charge is -2.35. The molecule has 0 amide bonds. The predicted molar refractivity (Wildman–Crippen MR) is 126 cm³/mol. The number of benzene rings is 1. The van der Waals surface area contributed by atoms with E-state index in [9.17, 15) is 0 Å². The van der Waals surface area contributed by atoms with Gasteiger partial charge >= 0.3 is 0 Å². The molecular formula is C23H23N9. The molecule has 3 aromatic heterocycles. The molecule has 1 aromatic carbocycles. The Hall–Kier alpha value is -4.16. The van der Waals surface area contributed by atoms with Gasteiger partial charge in [0.1, 0.15) is 17.2 Å². The Morgan fingerprint density at radius 1 is 1.03 bits per heavy atom. The summed E-state index contributed by atoms with van der Waals surface area (Å²) in [5.74, 6) is 3.70. The maximum Gasteiger partial charge on any atom is 0.180 e. The number of fused-ring (bicyclic) bond motifs is 1. The van der Waals surface area contributed by atoms with E-state index in [-0.39, 0.29) is 0 Å². The average molecular weight is 426 g/mol. The summed E-state index contributed by atoms with van der Waals surface area (Å²) in [6.45, 7) is 4.60. The molecule has 32 heavy (non-hydrogen) atoms. The SMILES string of the molecule is C#CCN1CCN(c2ccc(Nc3nc(-c4cncc(N)n4)cn4ccnc34)cc2)CC1. The number of nitrogens with zero attached hydrogens (tertiary/aromatic N) is 7. The molecule has 0 saturated carbocycles. The van der Waals surface area contributed by atoms with E-state index in [1.165, 1.54) is 11.9 Å². The number of nitrogens with one attached hydrogen (secondary N) is 1. The van der Waals surface area contributed by atoms with Gasteiger partial charge in [0.25, 0.3) is 0 Å². The average Bonchev–Trinajstić information content (AvgIpc) is 3.30. The number of aromatic nitrogens is 5. The molecule has 160 valence electrons. The van der Waals surface area contributed by atoms with Crippen molar-refractivity contribution in [3.63, 3.8) is 0 Å². The largest absolute Gasteiger partial charge is 0.382 e. The standard InChI is InChI=1S/C23H23N9/c1-2-8-30-10-12-31(13-11-30)18-5-3-17(4-6-18)27-22-23-26-7-9-32(23)16-20(29-22)19-14-25-15-21(24)28-19/h1,3-7,9,14-16H,8,10-13H2,(H2,24,28)(H,27,29). The molecular weight excluding hydrogens is 402 g/mol. The zero-order chi connectivity index (χ0) is 21.9. The summed E-state index contributed by atoms with van der Waals surface area (Å²) in [4.78, 5) is 22.3. The van der Waals surface area contributed by atoms with Crippen molar-refractivity contribution < 1.29 is 0 Å². The fourth-order valence-corrected chi connectivity index (χ4v) is 3.83. The van der Waals surface area contributed by atoms with Crippen LogP contribution in [0.15, 0.2) is 55.2 Å². The van der Waals surface area contributed by atoms with Crippen molar-refractivity contribution in [2.24, 2.45) is 0 Å². The molecule has 0 atom stereocenters. The van der Waals surface area contributed by atoms with E-state index in [0.717, 1.165) is 37.5 Å². The first-order valence-electron chi connectivity index (χ1n) is 10.4. The Morgan fingerprint density at radius 3 is 2.59 bits per heavy atom. The maximum atomic E-state index is 5.80. The number of nitrogens with two attached hydrogens (primary N) is 1. The summed E-state index contributed by atoms with van der Waals surface area (Å²) >= 11 is 0. The van der Waals surface area contributed by atoms with Crippen LogP contribution in [0.4, 0.5) is 23.0 Å². The number of anilines is 4. The first-order chi connectivity index (χ1) is 15.7. The quantitative estimate of drug-likeness (QED) is 0.470. The van der Waals surface area contributed by atoms with Crippen LogP contribution in [0.25, 0.3) is 17.0 Å². The monoisotopic (exact) mass is 425 g/mol. The van der Waals surface area contributed by atoms with Crippen molar-refractivity contribution in [1.82, 2.24) is 29.2 Å². The van der Waals surface area contributed by atoms with Crippen LogP contribution in [0.1, 0.15) is 0 Å². The Labute approximate surface area is 185 Å². The minimum absolute atomic E-state index is 0.347. The van der Waals surface area contributed by atoms with E-state index in [2.05, 4.69) is 60.3 Å². The number of imidazole rings is 1. The highest BCUT2D eigenvalue weighted by Gasteiger charge is 2.16. The smallest absolute Gasteiger partial charge is 0.180 e. The topological polar surface area (TPSA) is 100 Å². The summed E-state index contributed by atoms with van der Waals surface area (Å²) in [5, 5.41) is 3.39. The summed E-state index contributed by atoms with van der Waals surface area (Å²) < 4.78 is 1.90. The van der Waals surface area contributed by atoms with Crippen molar-refractivity contribution >= 4 is 28.7 Å². The summed E-state index contributed by atoms with van der Waals surface area (Å²) in [6.07, 6.45) is 14.0. The molecule has 1 saturated heterocycles. The molecule has 1 aliphatic rings. The number of terminal acetylenes is 1. The minimum Gasteiger partial charge on any atom is -0.382 e. The van der Waals surface area contributed by atoms with Crippen LogP contribution in [0.3, 0.4) is 0 Å². The molecule has 0 aliphatic carbocycles. The summed E-state index contributed by atoms with van der Waals surface area (Å²) in [7, 11) is 0. The highest BCUT2D eigenvalue weighted by molar-refractivity contribution is 5.73. The van der Waals surface area contributed by atoms with Gasteiger partial charge in [-0.05, 0) is 24.3 Å². The van der Waals surface area contributed by atoms with Crippen molar-refractivity contribution in [3.05, 3.63) is 55.2 Å². The molecule has 0 unspecified atom stereocenters. The Kier molecular flexibility index (Phi) is 5.27. The van der Waals surface area contributed by atoms with Gasteiger partial charge in [-0.2, -0.15) is 0 Å². The maximum absolute atomic E-state index is 5.80. The van der Waals surface area contributed by atoms with Gasteiger partial charge in [0, 0.05) is 56.1 Å². The third kappa shape index (κ3) is 4.04. The van der Waals surface area contributed by atoms with Gasteiger partial charge in [-0.3, -0.25) is 9.88 Å². The fraction of sp³-hybridized carbons (Fsp3) is 0.217. The van der Waals surface area contributed by atoms with E-state index in [4.69, 9.17) is 17.1 Å². The van der Waals surface area contributed by atoms with Gasteiger partial charge < -0.3 is 20.4 Å². The second kappa shape index (κ2) is 8.53. The van der Waals surface area contributed by atoms with Crippen LogP contribution in [0.5, 0.6) is 0 Å². The molecule has 3 N–H and O–H groups in total. The molecule has 5 rings (SSSR count). The zero-order valence-electron chi connectivity index (χ0n) is 17.5. The van der Waals surface area contributed by atoms with Crippen molar-refractivity contribution in [3.8, 4) is 23.7 Å². The molecule has 4 heterocycles. The van der Waals surface area contributed by atoms with Crippen LogP contribution in [0.2, 0.25) is 0 Å². The summed E-state index contributed by atoms with van der Waals surface area (Å²) in [6, 6.07) is 8.35. The normalized spacial score (nSPS) is 14.4. The molecule has 1 aliphatic heterocycles. The Balaban J connectivity index is 1.37. The van der Waals surface area contributed by atoms with Gasteiger partial charge in [-0.15, -0.1) is 6.42 Å². The molecule has 9 heteroatoms. The molecule has 9 nitrogen and oxygen atoms in total. The third-order valence-corrected chi connectivity index (χ3v) is 5.47. The molecule has 4 aromatic rings. The van der Waals surface area contributed by atoms with Gasteiger partial charge in [0.2, 0.25) is 0 Å². The second-order valence-electron chi connectivity index (χ2n) is 7.60. The summed E-state index contributed by atoms with van der Waals surface area (Å²) in [5.41, 5.74) is 9.89. The van der Waals surface area contributed by atoms with Crippen molar-refractivity contribution in [1.29, 1.82) is 0 Å². The Bertz CT molecular complexity index is 1260. The number of hydrogen-bond acceptors (Lipinski definition) is 8. The first kappa shape index (κ1) is 19.8. The lowest BCUT2D eigenvalue weighted by atomic mass is 10.2. The van der Waals surface area contributed by atoms with Crippen LogP contribution in [-0.2, 0) is 0 Å². The molecule has 0 spiro atoms. The highest BCUT2D eigenvalue weighted by Crippen LogP contribution is 2.25. The van der Waals surface area contributed by atoms with E-state index in [1.54, 1.807) is 12.4 Å². The van der Waals surface area contributed by atoms with Crippen LogP contribution in [0, 0.1) is 12.3 Å². The van der Waals surface area contributed by atoms with E-state index in [0.29, 0.717) is 29.6 Å². The van der Waals surface area contributed by atoms with Gasteiger partial charge in [-0.25, -0.2) is 15.0 Å². The molecule has 0 radical (unpaired) electrons. The Morgan fingerprint density at radius 2 is 1.84 bits per heavy atom. The minimum atomic E-state index is 0.347. The van der Waals surface area contributed by atoms with Crippen molar-refractivity contribution in [2.75, 3.05) is 48.7 Å². The number of rotatable bonds is 5. The van der Waals surface area contributed by atoms with Gasteiger partial charge in [0.05, 0.1) is 18.9 Å². The van der Waals surface area contributed by atoms with Gasteiger partial charge in [-0.1, -0.05) is 5.92 Å². The number of nitrogen functional groups attached to an aromatic ring is 1. The number of piperazine rings is 1. The van der Waals surface area contributed by atoms with E-state index in [1.807, 2.05) is 16.8 Å². The predicted octanol–water partition coefficient (Wildman–Crippen LogP) is 2.27. The van der Waals surface area contributed by atoms with Gasteiger partial charge in [0.15, 0.2) is 11.5 Å².